The molecule has 0 bridgehead atoms. The zero-order valence-electron chi connectivity index (χ0n) is 10.9. The Morgan fingerprint density at radius 2 is 2.38 bits per heavy atom. The van der Waals surface area contributed by atoms with Crippen LogP contribution in [0.1, 0.15) is 16.2 Å². The summed E-state index contributed by atoms with van der Waals surface area (Å²) in [6.07, 6.45) is 1.36. The SMILES string of the molecule is COc1ccc(NC=C(C#N)c2nn[nH]n2)cc1C(=O)O. The van der Waals surface area contributed by atoms with Crippen molar-refractivity contribution in [3.63, 3.8) is 0 Å². The van der Waals surface area contributed by atoms with E-state index in [1.54, 1.807) is 6.07 Å². The average Bonchev–Trinajstić information content (AvgIpc) is 3.02. The molecule has 1 aromatic heterocycles. The Morgan fingerprint density at radius 1 is 1.57 bits per heavy atom. The molecule has 0 amide bonds. The van der Waals surface area contributed by atoms with Crippen LogP contribution >= 0.6 is 0 Å². The van der Waals surface area contributed by atoms with Gasteiger partial charge in [-0.1, -0.05) is 0 Å². The second-order valence-corrected chi connectivity index (χ2v) is 3.77. The standard InChI is InChI=1S/C12H10N6O3/c1-21-10-3-2-8(4-9(10)12(19)20)14-6-7(5-13)11-15-17-18-16-11/h2-4,6,14H,1H3,(H,19,20)(H,15,16,17,18). The minimum absolute atomic E-state index is 0.00830. The maximum absolute atomic E-state index is 11.1. The molecule has 0 atom stereocenters. The van der Waals surface area contributed by atoms with Gasteiger partial charge in [-0.25, -0.2) is 4.79 Å². The number of aromatic carboxylic acids is 1. The molecule has 0 fully saturated rings. The first-order valence-corrected chi connectivity index (χ1v) is 5.67. The molecule has 0 aliphatic heterocycles. The third-order valence-electron chi connectivity index (χ3n) is 2.52. The fourth-order valence-corrected chi connectivity index (χ4v) is 1.54. The van der Waals surface area contributed by atoms with Crippen LogP contribution in [0.15, 0.2) is 24.4 Å². The van der Waals surface area contributed by atoms with Crippen LogP contribution in [0.4, 0.5) is 5.69 Å². The van der Waals surface area contributed by atoms with Gasteiger partial charge in [-0.05, 0) is 23.4 Å². The van der Waals surface area contributed by atoms with E-state index in [1.807, 2.05) is 6.07 Å². The van der Waals surface area contributed by atoms with Gasteiger partial charge in [-0.2, -0.15) is 10.5 Å². The summed E-state index contributed by atoms with van der Waals surface area (Å²) in [6.45, 7) is 0. The summed E-state index contributed by atoms with van der Waals surface area (Å²) in [7, 11) is 1.39. The van der Waals surface area contributed by atoms with Gasteiger partial charge in [0.1, 0.15) is 23.0 Å². The number of hydrogen-bond acceptors (Lipinski definition) is 7. The van der Waals surface area contributed by atoms with Gasteiger partial charge in [-0.3, -0.25) is 0 Å². The van der Waals surface area contributed by atoms with Gasteiger partial charge in [0.05, 0.1) is 7.11 Å². The van der Waals surface area contributed by atoms with E-state index in [1.165, 1.54) is 25.4 Å². The molecule has 0 spiro atoms. The van der Waals surface area contributed by atoms with E-state index in [-0.39, 0.29) is 22.7 Å². The smallest absolute Gasteiger partial charge is 0.339 e. The molecule has 9 nitrogen and oxygen atoms in total. The summed E-state index contributed by atoms with van der Waals surface area (Å²) in [4.78, 5) is 11.1. The molecule has 0 radical (unpaired) electrons. The number of nitrogens with one attached hydrogen (secondary N) is 2. The number of aromatic amines is 1. The Balaban J connectivity index is 2.26. The number of carbonyl (C=O) groups is 1. The molecule has 2 aromatic rings. The van der Waals surface area contributed by atoms with E-state index in [2.05, 4.69) is 25.9 Å². The summed E-state index contributed by atoms with van der Waals surface area (Å²) >= 11 is 0. The number of allylic oxidation sites excluding steroid dienone is 1. The van der Waals surface area contributed by atoms with Crippen molar-refractivity contribution in [1.82, 2.24) is 20.6 Å². The van der Waals surface area contributed by atoms with Gasteiger partial charge >= 0.3 is 5.97 Å². The minimum Gasteiger partial charge on any atom is -0.496 e. The van der Waals surface area contributed by atoms with Crippen LogP contribution in [0.3, 0.4) is 0 Å². The second kappa shape index (κ2) is 6.16. The third kappa shape index (κ3) is 3.13. The van der Waals surface area contributed by atoms with E-state index in [0.29, 0.717) is 5.69 Å². The number of nitrogens with zero attached hydrogens (tertiary/aromatic N) is 4. The lowest BCUT2D eigenvalue weighted by Gasteiger charge is -2.07. The van der Waals surface area contributed by atoms with E-state index < -0.39 is 5.97 Å². The molecule has 106 valence electrons. The van der Waals surface area contributed by atoms with Gasteiger partial charge in [0.25, 0.3) is 0 Å². The molecule has 0 aliphatic rings. The fourth-order valence-electron chi connectivity index (χ4n) is 1.54. The summed E-state index contributed by atoms with van der Waals surface area (Å²) in [5, 5.41) is 33.9. The fraction of sp³-hybridized carbons (Fsp3) is 0.0833. The molecule has 0 saturated carbocycles. The van der Waals surface area contributed by atoms with Crippen molar-refractivity contribution in [2.24, 2.45) is 0 Å². The molecule has 0 saturated heterocycles. The van der Waals surface area contributed by atoms with Crippen LogP contribution in [-0.4, -0.2) is 38.8 Å². The second-order valence-electron chi connectivity index (χ2n) is 3.77. The molecule has 3 N–H and O–H groups in total. The molecular formula is C12H10N6O3. The number of H-pyrrole nitrogens is 1. The molecule has 9 heteroatoms. The van der Waals surface area contributed by atoms with Crippen LogP contribution in [0, 0.1) is 11.3 Å². The van der Waals surface area contributed by atoms with E-state index >= 15 is 0 Å². The number of methoxy groups -OCH3 is 1. The summed E-state index contributed by atoms with van der Waals surface area (Å²) < 4.78 is 4.96. The molecular weight excluding hydrogens is 276 g/mol. The first kappa shape index (κ1) is 14.0. The normalized spacial score (nSPS) is 10.8. The highest BCUT2D eigenvalue weighted by Crippen LogP contribution is 2.23. The highest BCUT2D eigenvalue weighted by Gasteiger charge is 2.11. The predicted octanol–water partition coefficient (Wildman–Crippen LogP) is 0.883. The van der Waals surface area contributed by atoms with Crippen LogP contribution in [-0.2, 0) is 0 Å². The van der Waals surface area contributed by atoms with Gasteiger partial charge < -0.3 is 15.2 Å². The molecule has 0 unspecified atom stereocenters. The maximum Gasteiger partial charge on any atom is 0.339 e. The molecule has 2 rings (SSSR count). The summed E-state index contributed by atoms with van der Waals surface area (Å²) in [6, 6.07) is 6.43. The van der Waals surface area contributed by atoms with Crippen molar-refractivity contribution in [3.05, 3.63) is 35.8 Å². The lowest BCUT2D eigenvalue weighted by atomic mass is 10.1. The number of carboxylic acids is 1. The number of aromatic nitrogens is 4. The number of anilines is 1. The molecule has 0 aliphatic carbocycles. The Kier molecular flexibility index (Phi) is 4.11. The predicted molar refractivity (Wildman–Crippen MR) is 71.3 cm³/mol. The number of benzene rings is 1. The van der Waals surface area contributed by atoms with Gasteiger partial charge in [0.15, 0.2) is 0 Å². The average molecular weight is 286 g/mol. The Morgan fingerprint density at radius 3 is 2.95 bits per heavy atom. The zero-order chi connectivity index (χ0) is 15.2. The number of rotatable bonds is 5. The van der Waals surface area contributed by atoms with Crippen LogP contribution in [0.2, 0.25) is 0 Å². The van der Waals surface area contributed by atoms with Gasteiger partial charge in [0.2, 0.25) is 5.82 Å². The lowest BCUT2D eigenvalue weighted by molar-refractivity contribution is 0.0693. The number of hydrogen-bond donors (Lipinski definition) is 3. The summed E-state index contributed by atoms with van der Waals surface area (Å²) in [5.74, 6) is -0.731. The first-order valence-electron chi connectivity index (χ1n) is 5.67. The number of tetrazole rings is 1. The largest absolute Gasteiger partial charge is 0.496 e. The maximum atomic E-state index is 11.1. The highest BCUT2D eigenvalue weighted by atomic mass is 16.5. The monoisotopic (exact) mass is 286 g/mol. The van der Waals surface area contributed by atoms with Crippen molar-refractivity contribution < 1.29 is 14.6 Å². The Hall–Kier alpha value is -3.41. The van der Waals surface area contributed by atoms with Gasteiger partial charge in [0, 0.05) is 11.9 Å². The number of ether oxygens (including phenoxy) is 1. The van der Waals surface area contributed by atoms with Crippen LogP contribution in [0.25, 0.3) is 5.57 Å². The molecule has 1 aromatic carbocycles. The van der Waals surface area contributed by atoms with Crippen molar-refractivity contribution in [2.75, 3.05) is 12.4 Å². The van der Waals surface area contributed by atoms with Crippen molar-refractivity contribution in [1.29, 1.82) is 5.26 Å². The first-order chi connectivity index (χ1) is 10.2. The highest BCUT2D eigenvalue weighted by molar-refractivity contribution is 5.92. The van der Waals surface area contributed by atoms with Crippen LogP contribution in [0.5, 0.6) is 5.75 Å². The minimum atomic E-state index is -1.11. The Labute approximate surface area is 118 Å². The third-order valence-corrected chi connectivity index (χ3v) is 2.52. The summed E-state index contributed by atoms with van der Waals surface area (Å²) in [5.41, 5.74) is 0.634. The van der Waals surface area contributed by atoms with Crippen molar-refractivity contribution in [3.8, 4) is 11.8 Å². The van der Waals surface area contributed by atoms with E-state index in [9.17, 15) is 4.79 Å². The van der Waals surface area contributed by atoms with Crippen molar-refractivity contribution >= 4 is 17.2 Å². The zero-order valence-corrected chi connectivity index (χ0v) is 10.9. The lowest BCUT2D eigenvalue weighted by Crippen LogP contribution is -2.02. The van der Waals surface area contributed by atoms with Crippen LogP contribution < -0.4 is 10.1 Å². The van der Waals surface area contributed by atoms with E-state index in [4.69, 9.17) is 15.1 Å². The quantitative estimate of drug-likeness (QED) is 0.689. The van der Waals surface area contributed by atoms with Crippen molar-refractivity contribution in [2.45, 2.75) is 0 Å². The topological polar surface area (TPSA) is 137 Å². The molecule has 21 heavy (non-hydrogen) atoms. The van der Waals surface area contributed by atoms with Gasteiger partial charge in [-0.15, -0.1) is 10.2 Å². The van der Waals surface area contributed by atoms with E-state index in [0.717, 1.165) is 0 Å². The number of carboxylic acid groups (broad SMARTS) is 1. The number of nitriles is 1. The molecule has 1 heterocycles. The Bertz CT molecular complexity index is 717.